The van der Waals surface area contributed by atoms with E-state index in [2.05, 4.69) is 9.97 Å². The Morgan fingerprint density at radius 1 is 1.19 bits per heavy atom. The monoisotopic (exact) mass is 358 g/mol. The van der Waals surface area contributed by atoms with Crippen LogP contribution in [0.2, 0.25) is 0 Å². The van der Waals surface area contributed by atoms with Crippen LogP contribution in [-0.2, 0) is 4.74 Å². The van der Waals surface area contributed by atoms with Crippen molar-refractivity contribution in [2.75, 3.05) is 6.61 Å². The number of nitrogens with zero attached hydrogens (tertiary/aromatic N) is 4. The summed E-state index contributed by atoms with van der Waals surface area (Å²) in [5.74, 6) is 0.245. The first-order chi connectivity index (χ1) is 13.2. The van der Waals surface area contributed by atoms with Gasteiger partial charge in [-0.05, 0) is 31.2 Å². The molecular weight excluding hydrogens is 344 g/mol. The van der Waals surface area contributed by atoms with Crippen molar-refractivity contribution >= 4 is 22.4 Å². The molecule has 0 spiro atoms. The van der Waals surface area contributed by atoms with Crippen LogP contribution in [0.1, 0.15) is 23.0 Å². The molecule has 3 heterocycles. The highest BCUT2D eigenvalue weighted by Crippen LogP contribution is 2.32. The van der Waals surface area contributed by atoms with Crippen molar-refractivity contribution in [1.29, 1.82) is 5.26 Å². The van der Waals surface area contributed by atoms with E-state index in [0.717, 1.165) is 16.4 Å². The molecule has 7 heteroatoms. The summed E-state index contributed by atoms with van der Waals surface area (Å²) in [7, 11) is 0. The fraction of sp³-hybridized carbons (Fsp3) is 0.100. The SMILES string of the molecule is CCOC(=O)c1c2ccc(Oc3nccnc3C#N)cc2n2ccccc12. The lowest BCUT2D eigenvalue weighted by molar-refractivity contribution is 0.0531. The Kier molecular flexibility index (Phi) is 4.15. The molecule has 4 rings (SSSR count). The second-order valence-electron chi connectivity index (χ2n) is 5.65. The highest BCUT2D eigenvalue weighted by atomic mass is 16.5. The second-order valence-corrected chi connectivity index (χ2v) is 5.65. The van der Waals surface area contributed by atoms with Crippen LogP contribution in [0.25, 0.3) is 16.4 Å². The minimum absolute atomic E-state index is 0.102. The quantitative estimate of drug-likeness (QED) is 0.517. The molecule has 3 aromatic heterocycles. The molecule has 132 valence electrons. The van der Waals surface area contributed by atoms with Crippen molar-refractivity contribution in [3.8, 4) is 17.7 Å². The molecule has 0 atom stereocenters. The topological polar surface area (TPSA) is 89.5 Å². The van der Waals surface area contributed by atoms with Gasteiger partial charge in [-0.3, -0.25) is 0 Å². The van der Waals surface area contributed by atoms with E-state index < -0.39 is 0 Å². The molecule has 0 aliphatic heterocycles. The lowest BCUT2D eigenvalue weighted by Gasteiger charge is -2.06. The molecule has 27 heavy (non-hydrogen) atoms. The molecule has 0 bridgehead atoms. The lowest BCUT2D eigenvalue weighted by Crippen LogP contribution is -2.04. The average Bonchev–Trinajstić information content (AvgIpc) is 3.02. The Morgan fingerprint density at radius 2 is 2.04 bits per heavy atom. The highest BCUT2D eigenvalue weighted by Gasteiger charge is 2.20. The number of hydrogen-bond donors (Lipinski definition) is 0. The van der Waals surface area contributed by atoms with E-state index >= 15 is 0 Å². The summed E-state index contributed by atoms with van der Waals surface area (Å²) >= 11 is 0. The summed E-state index contributed by atoms with van der Waals surface area (Å²) in [5, 5.41) is 9.89. The maximum atomic E-state index is 12.5. The number of aromatic nitrogens is 3. The lowest BCUT2D eigenvalue weighted by atomic mass is 10.1. The number of fused-ring (bicyclic) bond motifs is 3. The van der Waals surface area contributed by atoms with Gasteiger partial charge in [-0.2, -0.15) is 5.26 Å². The van der Waals surface area contributed by atoms with Crippen molar-refractivity contribution in [3.05, 3.63) is 66.2 Å². The van der Waals surface area contributed by atoms with Crippen LogP contribution in [0.3, 0.4) is 0 Å². The third-order valence-electron chi connectivity index (χ3n) is 4.08. The number of pyridine rings is 1. The molecule has 4 aromatic rings. The minimum Gasteiger partial charge on any atom is -0.462 e. The Labute approximate surface area is 154 Å². The van der Waals surface area contributed by atoms with E-state index in [1.165, 1.54) is 12.4 Å². The van der Waals surface area contributed by atoms with Crippen molar-refractivity contribution < 1.29 is 14.3 Å². The minimum atomic E-state index is -0.370. The third kappa shape index (κ3) is 2.83. The summed E-state index contributed by atoms with van der Waals surface area (Å²) in [6.45, 7) is 2.08. The predicted molar refractivity (Wildman–Crippen MR) is 97.7 cm³/mol. The van der Waals surface area contributed by atoms with E-state index in [0.29, 0.717) is 17.9 Å². The van der Waals surface area contributed by atoms with Gasteiger partial charge in [0, 0.05) is 30.0 Å². The van der Waals surface area contributed by atoms with Gasteiger partial charge in [-0.25, -0.2) is 14.8 Å². The molecule has 0 radical (unpaired) electrons. The number of benzene rings is 1. The zero-order chi connectivity index (χ0) is 18.8. The fourth-order valence-electron chi connectivity index (χ4n) is 2.99. The second kappa shape index (κ2) is 6.77. The molecule has 0 fully saturated rings. The van der Waals surface area contributed by atoms with Crippen LogP contribution in [-0.4, -0.2) is 26.9 Å². The molecule has 0 amide bonds. The van der Waals surface area contributed by atoms with E-state index in [1.807, 2.05) is 34.9 Å². The van der Waals surface area contributed by atoms with Crippen molar-refractivity contribution in [2.24, 2.45) is 0 Å². The number of carbonyl (C=O) groups is 1. The number of ether oxygens (including phenoxy) is 2. The Balaban J connectivity index is 1.87. The van der Waals surface area contributed by atoms with Crippen LogP contribution < -0.4 is 4.74 Å². The van der Waals surface area contributed by atoms with E-state index in [-0.39, 0.29) is 17.5 Å². The first-order valence-electron chi connectivity index (χ1n) is 8.31. The van der Waals surface area contributed by atoms with Crippen LogP contribution in [0.5, 0.6) is 11.6 Å². The molecule has 7 nitrogen and oxygen atoms in total. The summed E-state index contributed by atoms with van der Waals surface area (Å²) < 4.78 is 12.9. The molecule has 0 aliphatic carbocycles. The smallest absolute Gasteiger partial charge is 0.340 e. The van der Waals surface area contributed by atoms with Crippen LogP contribution in [0.15, 0.2) is 55.0 Å². The van der Waals surface area contributed by atoms with E-state index in [4.69, 9.17) is 14.7 Å². The van der Waals surface area contributed by atoms with Gasteiger partial charge in [-0.15, -0.1) is 0 Å². The number of carbonyl (C=O) groups excluding carboxylic acids is 1. The average molecular weight is 358 g/mol. The van der Waals surface area contributed by atoms with Crippen molar-refractivity contribution in [1.82, 2.24) is 14.4 Å². The van der Waals surface area contributed by atoms with Crippen LogP contribution >= 0.6 is 0 Å². The van der Waals surface area contributed by atoms with Crippen molar-refractivity contribution in [3.63, 3.8) is 0 Å². The van der Waals surface area contributed by atoms with Crippen LogP contribution in [0, 0.1) is 11.3 Å². The number of esters is 1. The molecule has 0 saturated carbocycles. The van der Waals surface area contributed by atoms with Gasteiger partial charge in [0.05, 0.1) is 23.2 Å². The normalized spacial score (nSPS) is 10.7. The standard InChI is InChI=1S/C20H14N4O3/c1-2-26-20(25)18-14-7-6-13(27-19-15(12-21)22-8-9-23-19)11-17(14)24-10-4-3-5-16(18)24/h3-11H,2H2,1H3. The fourth-order valence-corrected chi connectivity index (χ4v) is 2.99. The molecule has 0 N–H and O–H groups in total. The number of rotatable bonds is 4. The number of hydrogen-bond acceptors (Lipinski definition) is 6. The Hall–Kier alpha value is -3.92. The Morgan fingerprint density at radius 3 is 2.85 bits per heavy atom. The first kappa shape index (κ1) is 16.5. The van der Waals surface area contributed by atoms with Gasteiger partial charge in [0.25, 0.3) is 5.88 Å². The zero-order valence-corrected chi connectivity index (χ0v) is 14.4. The van der Waals surface area contributed by atoms with Crippen molar-refractivity contribution in [2.45, 2.75) is 6.92 Å². The summed E-state index contributed by atoms with van der Waals surface area (Å²) in [6, 6.07) is 12.9. The van der Waals surface area contributed by atoms with E-state index in [9.17, 15) is 4.79 Å². The van der Waals surface area contributed by atoms with Gasteiger partial charge in [0.15, 0.2) is 0 Å². The van der Waals surface area contributed by atoms with Gasteiger partial charge >= 0.3 is 5.97 Å². The van der Waals surface area contributed by atoms with Gasteiger partial charge in [-0.1, -0.05) is 6.07 Å². The molecule has 1 aromatic carbocycles. The number of nitriles is 1. The first-order valence-corrected chi connectivity index (χ1v) is 8.31. The zero-order valence-electron chi connectivity index (χ0n) is 14.4. The van der Waals surface area contributed by atoms with Gasteiger partial charge in [0.2, 0.25) is 5.69 Å². The molecule has 0 aliphatic rings. The summed E-state index contributed by atoms with van der Waals surface area (Å²) in [6.07, 6.45) is 4.76. The molecule has 0 saturated heterocycles. The third-order valence-corrected chi connectivity index (χ3v) is 4.08. The maximum Gasteiger partial charge on any atom is 0.340 e. The summed E-state index contributed by atoms with van der Waals surface area (Å²) in [4.78, 5) is 20.5. The van der Waals surface area contributed by atoms with E-state index in [1.54, 1.807) is 25.1 Å². The summed E-state index contributed by atoms with van der Waals surface area (Å²) in [5.41, 5.74) is 2.15. The van der Waals surface area contributed by atoms with Gasteiger partial charge < -0.3 is 13.9 Å². The van der Waals surface area contributed by atoms with Gasteiger partial charge in [0.1, 0.15) is 11.8 Å². The Bertz CT molecular complexity index is 1210. The molecular formula is C20H14N4O3. The predicted octanol–water partition coefficient (Wildman–Crippen LogP) is 3.72. The largest absolute Gasteiger partial charge is 0.462 e. The maximum absolute atomic E-state index is 12.5. The molecule has 0 unspecified atom stereocenters. The highest BCUT2D eigenvalue weighted by molar-refractivity contribution is 6.11. The van der Waals surface area contributed by atoms with Crippen LogP contribution in [0.4, 0.5) is 0 Å².